The summed E-state index contributed by atoms with van der Waals surface area (Å²) >= 11 is 5.56. The molecule has 0 unspecified atom stereocenters. The fraction of sp³-hybridized carbons (Fsp3) is 0.111. The van der Waals surface area contributed by atoms with E-state index >= 15 is 0 Å². The van der Waals surface area contributed by atoms with Crippen molar-refractivity contribution in [2.24, 2.45) is 0 Å². The van der Waals surface area contributed by atoms with E-state index in [0.29, 0.717) is 10.9 Å². The Labute approximate surface area is 150 Å². The van der Waals surface area contributed by atoms with E-state index in [1.807, 2.05) is 0 Å². The SMILES string of the molecule is O=C(Cn1ccc(=O)c2ccccc21)Nc1ccc(Cl)c(C(F)(F)F)c1. The first-order chi connectivity index (χ1) is 12.3. The van der Waals surface area contributed by atoms with E-state index in [0.717, 1.165) is 12.1 Å². The number of carbonyl (C=O) groups excluding carboxylic acids is 1. The van der Waals surface area contributed by atoms with Crippen molar-refractivity contribution in [3.8, 4) is 0 Å². The number of alkyl halides is 3. The molecule has 0 saturated carbocycles. The van der Waals surface area contributed by atoms with Gasteiger partial charge in [0.1, 0.15) is 6.54 Å². The van der Waals surface area contributed by atoms with Crippen LogP contribution in [0.25, 0.3) is 10.9 Å². The lowest BCUT2D eigenvalue weighted by atomic mass is 10.2. The predicted octanol–water partition coefficient (Wildman–Crippen LogP) is 4.31. The van der Waals surface area contributed by atoms with Crippen LogP contribution in [0.15, 0.2) is 59.5 Å². The average molecular weight is 381 g/mol. The normalized spacial score (nSPS) is 11.5. The van der Waals surface area contributed by atoms with Gasteiger partial charge in [-0.05, 0) is 30.3 Å². The molecule has 1 heterocycles. The molecule has 3 rings (SSSR count). The molecule has 8 heteroatoms. The van der Waals surface area contributed by atoms with Crippen molar-refractivity contribution in [2.45, 2.75) is 12.7 Å². The highest BCUT2D eigenvalue weighted by molar-refractivity contribution is 6.31. The maximum absolute atomic E-state index is 12.9. The first-order valence-corrected chi connectivity index (χ1v) is 7.88. The Hall–Kier alpha value is -2.80. The number of anilines is 1. The number of nitrogens with one attached hydrogen (secondary N) is 1. The Bertz CT molecular complexity index is 1040. The van der Waals surface area contributed by atoms with Gasteiger partial charge in [-0.3, -0.25) is 9.59 Å². The van der Waals surface area contributed by atoms with E-state index in [1.54, 1.807) is 28.8 Å². The third-order valence-electron chi connectivity index (χ3n) is 3.75. The number of rotatable bonds is 3. The predicted molar refractivity (Wildman–Crippen MR) is 93.3 cm³/mol. The van der Waals surface area contributed by atoms with Crippen LogP contribution >= 0.6 is 11.6 Å². The summed E-state index contributed by atoms with van der Waals surface area (Å²) in [5, 5.41) is 2.42. The Morgan fingerprint density at radius 2 is 1.85 bits per heavy atom. The smallest absolute Gasteiger partial charge is 0.338 e. The highest BCUT2D eigenvalue weighted by atomic mass is 35.5. The summed E-state index contributed by atoms with van der Waals surface area (Å²) in [5.74, 6) is -0.533. The van der Waals surface area contributed by atoms with Gasteiger partial charge in [-0.2, -0.15) is 13.2 Å². The van der Waals surface area contributed by atoms with E-state index < -0.39 is 22.7 Å². The van der Waals surface area contributed by atoms with E-state index in [1.165, 1.54) is 18.3 Å². The van der Waals surface area contributed by atoms with Crippen LogP contribution in [0.2, 0.25) is 5.02 Å². The summed E-state index contributed by atoms with van der Waals surface area (Å²) in [6.45, 7) is -0.162. The quantitative estimate of drug-likeness (QED) is 0.736. The second kappa shape index (κ2) is 6.84. The van der Waals surface area contributed by atoms with Crippen molar-refractivity contribution < 1.29 is 18.0 Å². The largest absolute Gasteiger partial charge is 0.417 e. The molecular formula is C18H12ClF3N2O2. The summed E-state index contributed by atoms with van der Waals surface area (Å²) in [7, 11) is 0. The summed E-state index contributed by atoms with van der Waals surface area (Å²) in [6, 6.07) is 11.2. The highest BCUT2D eigenvalue weighted by Crippen LogP contribution is 2.36. The van der Waals surface area contributed by atoms with Crippen LogP contribution in [-0.4, -0.2) is 10.5 Å². The zero-order valence-electron chi connectivity index (χ0n) is 13.2. The number of benzene rings is 2. The van der Waals surface area contributed by atoms with Crippen LogP contribution in [0.3, 0.4) is 0 Å². The molecule has 4 nitrogen and oxygen atoms in total. The van der Waals surface area contributed by atoms with Gasteiger partial charge in [-0.15, -0.1) is 0 Å². The molecule has 2 aromatic carbocycles. The molecule has 0 radical (unpaired) electrons. The molecule has 0 saturated heterocycles. The lowest BCUT2D eigenvalue weighted by Gasteiger charge is -2.13. The van der Waals surface area contributed by atoms with Gasteiger partial charge in [0.2, 0.25) is 5.91 Å². The minimum atomic E-state index is -4.62. The van der Waals surface area contributed by atoms with Gasteiger partial charge in [0.25, 0.3) is 0 Å². The van der Waals surface area contributed by atoms with Crippen molar-refractivity contribution in [2.75, 3.05) is 5.32 Å². The molecule has 1 amide bonds. The number of aromatic nitrogens is 1. The number of nitrogens with zero attached hydrogens (tertiary/aromatic N) is 1. The third kappa shape index (κ3) is 3.72. The molecule has 1 N–H and O–H groups in total. The van der Waals surface area contributed by atoms with Gasteiger partial charge in [0.15, 0.2) is 5.43 Å². The maximum atomic E-state index is 12.9. The number of hydrogen-bond acceptors (Lipinski definition) is 2. The summed E-state index contributed by atoms with van der Waals surface area (Å²) in [4.78, 5) is 24.1. The molecular weight excluding hydrogens is 369 g/mol. The maximum Gasteiger partial charge on any atom is 0.417 e. The molecule has 3 aromatic rings. The minimum Gasteiger partial charge on any atom is -0.338 e. The Kier molecular flexibility index (Phi) is 4.73. The molecule has 0 aliphatic carbocycles. The molecule has 0 aliphatic heterocycles. The van der Waals surface area contributed by atoms with Crippen molar-refractivity contribution in [3.05, 3.63) is 75.5 Å². The van der Waals surface area contributed by atoms with Crippen molar-refractivity contribution in [1.29, 1.82) is 0 Å². The first-order valence-electron chi connectivity index (χ1n) is 7.50. The molecule has 134 valence electrons. The van der Waals surface area contributed by atoms with Gasteiger partial charge in [0, 0.05) is 23.3 Å². The third-order valence-corrected chi connectivity index (χ3v) is 4.08. The summed E-state index contributed by atoms with van der Waals surface area (Å²) < 4.78 is 40.2. The van der Waals surface area contributed by atoms with Gasteiger partial charge < -0.3 is 9.88 Å². The van der Waals surface area contributed by atoms with Gasteiger partial charge in [-0.25, -0.2) is 0 Å². The zero-order chi connectivity index (χ0) is 18.9. The van der Waals surface area contributed by atoms with Crippen LogP contribution in [0, 0.1) is 0 Å². The second-order valence-electron chi connectivity index (χ2n) is 5.57. The fourth-order valence-electron chi connectivity index (χ4n) is 2.57. The number of amides is 1. The monoisotopic (exact) mass is 380 g/mol. The first kappa shape index (κ1) is 18.0. The molecule has 1 aromatic heterocycles. The average Bonchev–Trinajstić information content (AvgIpc) is 2.58. The van der Waals surface area contributed by atoms with Crippen LogP contribution < -0.4 is 10.7 Å². The number of fused-ring (bicyclic) bond motifs is 1. The molecule has 0 aliphatic rings. The summed E-state index contributed by atoms with van der Waals surface area (Å²) in [6.07, 6.45) is -3.15. The van der Waals surface area contributed by atoms with Gasteiger partial charge in [0.05, 0.1) is 16.1 Å². The Morgan fingerprint density at radius 3 is 2.58 bits per heavy atom. The van der Waals surface area contributed by atoms with Gasteiger partial charge >= 0.3 is 6.18 Å². The van der Waals surface area contributed by atoms with E-state index in [4.69, 9.17) is 11.6 Å². The number of halogens is 4. The van der Waals surface area contributed by atoms with Crippen molar-refractivity contribution in [1.82, 2.24) is 4.57 Å². The van der Waals surface area contributed by atoms with Crippen LogP contribution in [0.4, 0.5) is 18.9 Å². The zero-order valence-corrected chi connectivity index (χ0v) is 13.9. The van der Waals surface area contributed by atoms with Gasteiger partial charge in [-0.1, -0.05) is 23.7 Å². The Morgan fingerprint density at radius 1 is 1.12 bits per heavy atom. The number of carbonyl (C=O) groups is 1. The van der Waals surface area contributed by atoms with Crippen LogP contribution in [-0.2, 0) is 17.5 Å². The van der Waals surface area contributed by atoms with E-state index in [9.17, 15) is 22.8 Å². The number of pyridine rings is 1. The van der Waals surface area contributed by atoms with E-state index in [2.05, 4.69) is 5.32 Å². The topological polar surface area (TPSA) is 51.1 Å². The molecule has 26 heavy (non-hydrogen) atoms. The second-order valence-corrected chi connectivity index (χ2v) is 5.97. The van der Waals surface area contributed by atoms with E-state index in [-0.39, 0.29) is 17.7 Å². The molecule has 0 atom stereocenters. The lowest BCUT2D eigenvalue weighted by Crippen LogP contribution is -2.20. The lowest BCUT2D eigenvalue weighted by molar-refractivity contribution is -0.137. The van der Waals surface area contributed by atoms with Crippen molar-refractivity contribution >= 4 is 34.1 Å². The van der Waals surface area contributed by atoms with Crippen LogP contribution in [0.5, 0.6) is 0 Å². The van der Waals surface area contributed by atoms with Crippen LogP contribution in [0.1, 0.15) is 5.56 Å². The minimum absolute atomic E-state index is 0.0166. The molecule has 0 spiro atoms. The van der Waals surface area contributed by atoms with Crippen molar-refractivity contribution in [3.63, 3.8) is 0 Å². The Balaban J connectivity index is 1.85. The fourth-order valence-corrected chi connectivity index (χ4v) is 2.80. The number of hydrogen-bond donors (Lipinski definition) is 1. The number of para-hydroxylation sites is 1. The highest BCUT2D eigenvalue weighted by Gasteiger charge is 2.33. The standard InChI is InChI=1S/C18H12ClF3N2O2/c19-14-6-5-11(9-13(14)18(20,21)22)23-17(26)10-24-8-7-16(25)12-3-1-2-4-15(12)24/h1-9H,10H2,(H,23,26). The molecule has 0 fully saturated rings. The molecule has 0 bridgehead atoms. The summed E-state index contributed by atoms with van der Waals surface area (Å²) in [5.41, 5.74) is -0.658.